The molecule has 0 saturated carbocycles. The van der Waals surface area contributed by atoms with Crippen LogP contribution in [0.25, 0.3) is 0 Å². The van der Waals surface area contributed by atoms with E-state index in [-0.39, 0.29) is 47.0 Å². The highest BCUT2D eigenvalue weighted by molar-refractivity contribution is 7.90. The largest absolute Gasteiger partial charge is 0.493 e. The van der Waals surface area contributed by atoms with E-state index in [0.29, 0.717) is 53.0 Å². The van der Waals surface area contributed by atoms with Crippen molar-refractivity contribution in [2.75, 3.05) is 69.1 Å². The van der Waals surface area contributed by atoms with E-state index in [1.54, 1.807) is 68.6 Å². The number of fused-ring (bicyclic) bond motifs is 2. The van der Waals surface area contributed by atoms with Crippen LogP contribution in [0.15, 0.2) is 72.8 Å². The first-order valence-corrected chi connectivity index (χ1v) is 24.9. The van der Waals surface area contributed by atoms with Crippen molar-refractivity contribution in [3.63, 3.8) is 0 Å². The molecule has 6 N–H and O–H groups in total. The van der Waals surface area contributed by atoms with Crippen LogP contribution in [0.2, 0.25) is 0 Å². The molecule has 0 saturated heterocycles. The summed E-state index contributed by atoms with van der Waals surface area (Å²) in [6, 6.07) is 17.4. The predicted molar refractivity (Wildman–Crippen MR) is 267 cm³/mol. The van der Waals surface area contributed by atoms with Crippen molar-refractivity contribution in [2.45, 2.75) is 61.0 Å². The number of hydrogen-bond acceptors (Lipinski definition) is 17. The number of methoxy groups -OCH3 is 2. The zero-order valence-corrected chi connectivity index (χ0v) is 41.6. The molecule has 0 unspecified atom stereocenters. The molecule has 2 atom stereocenters. The van der Waals surface area contributed by atoms with E-state index in [1.165, 1.54) is 59.4 Å². The Morgan fingerprint density at radius 2 is 1.13 bits per heavy atom. The molecular formula is C48H65N5O15S2. The summed E-state index contributed by atoms with van der Waals surface area (Å²) in [6.45, 7) is 6.53. The molecule has 0 aromatic heterocycles. The molecule has 384 valence electrons. The van der Waals surface area contributed by atoms with Crippen molar-refractivity contribution in [2.24, 2.45) is 11.5 Å². The minimum absolute atomic E-state index is 0. The molecule has 0 aliphatic carbocycles. The van der Waals surface area contributed by atoms with Gasteiger partial charge in [0.15, 0.2) is 23.0 Å². The number of cyclic esters (lactones) is 2. The van der Waals surface area contributed by atoms with Gasteiger partial charge in [0.1, 0.15) is 19.7 Å². The quantitative estimate of drug-likeness (QED) is 0.0624. The van der Waals surface area contributed by atoms with Crippen molar-refractivity contribution in [3.8, 4) is 23.0 Å². The molecule has 4 amide bonds. The summed E-state index contributed by atoms with van der Waals surface area (Å²) in [6.07, 6.45) is 2.20. The number of nitrogens with zero attached hydrogens (tertiary/aromatic N) is 1. The first-order chi connectivity index (χ1) is 33.5. The highest BCUT2D eigenvalue weighted by Crippen LogP contribution is 2.39. The van der Waals surface area contributed by atoms with E-state index < -0.39 is 74.0 Å². The monoisotopic (exact) mass is 1020 g/mol. The minimum atomic E-state index is -3.60. The van der Waals surface area contributed by atoms with Crippen LogP contribution < -0.4 is 41.0 Å². The number of carbonyl (C=O) groups is 6. The SMILES string of the molecule is C.CC(=O)Nc1cccc2c1C(=O)OC2=O.CCOc1cc([C@@H](CS(C)(=O)=O)N2C(=O)c3cccc(NC(C)=O)c3C2=O)ccc1OC.CCOc1cc([C@H](N)CS(C)(=O)=O)ccc1OC.CN.[2H]C([2H])([2H])C. The third kappa shape index (κ3) is 16.7. The van der Waals surface area contributed by atoms with Gasteiger partial charge in [0, 0.05) is 36.5 Å². The van der Waals surface area contributed by atoms with Gasteiger partial charge in [-0.05, 0) is 80.6 Å². The van der Waals surface area contributed by atoms with Crippen LogP contribution in [0.1, 0.15) is 118 Å². The third-order valence-electron chi connectivity index (χ3n) is 9.28. The van der Waals surface area contributed by atoms with Crippen LogP contribution >= 0.6 is 0 Å². The summed E-state index contributed by atoms with van der Waals surface area (Å²) in [5.41, 5.74) is 12.4. The fourth-order valence-electron chi connectivity index (χ4n) is 6.70. The van der Waals surface area contributed by atoms with Gasteiger partial charge in [0.2, 0.25) is 11.8 Å². The van der Waals surface area contributed by atoms with E-state index >= 15 is 0 Å². The van der Waals surface area contributed by atoms with Gasteiger partial charge in [-0.1, -0.05) is 45.5 Å². The molecule has 70 heavy (non-hydrogen) atoms. The number of anilines is 2. The van der Waals surface area contributed by atoms with Crippen LogP contribution in [0, 0.1) is 0 Å². The molecule has 0 fully saturated rings. The maximum absolute atomic E-state index is 13.3. The minimum Gasteiger partial charge on any atom is -0.493 e. The Labute approximate surface area is 414 Å². The Kier molecular flexibility index (Phi) is 22.2. The van der Waals surface area contributed by atoms with E-state index in [0.717, 1.165) is 11.2 Å². The average molecular weight is 1020 g/mol. The number of carbonyl (C=O) groups excluding carboxylic acids is 6. The number of sulfone groups is 2. The standard InChI is InChI=1S/C22H24N2O7S.C12H19NO4S.C10H7NO4.C2H6.CH5N.CH4/c1-5-31-19-11-14(9-10-18(19)30-3)17(12-32(4,28)29)24-21(26)15-7-6-8-16(23-13(2)25)20(15)22(24)27;1-4-17-12-7-9(5-6-11(12)16-2)10(13)8-18(3,14)15;1-5(12)11-7-4-2-3-6-8(7)10(14)15-9(6)13;2*1-2;/h6-11,17H,5,12H2,1-4H3,(H,23,25);5-7,10H,4,8,13H2,1-3H3;2-4H,1H3,(H,11,12);1-2H3;2H2,1H3;1H4/t17-;10-;;;;/m11..../s1/i;;;1D3;;. The van der Waals surface area contributed by atoms with Gasteiger partial charge in [-0.2, -0.15) is 0 Å². The summed E-state index contributed by atoms with van der Waals surface area (Å²) in [7, 11) is -2.19. The molecule has 22 heteroatoms. The fourth-order valence-corrected chi connectivity index (χ4v) is 8.46. The topological polar surface area (TPSA) is 296 Å². The van der Waals surface area contributed by atoms with Crippen molar-refractivity contribution in [1.29, 1.82) is 0 Å². The van der Waals surface area contributed by atoms with Crippen LogP contribution in [0.5, 0.6) is 23.0 Å². The summed E-state index contributed by atoms with van der Waals surface area (Å²) < 4.78 is 91.6. The van der Waals surface area contributed by atoms with Gasteiger partial charge in [-0.3, -0.25) is 24.1 Å². The second-order valence-electron chi connectivity index (χ2n) is 14.5. The van der Waals surface area contributed by atoms with Crippen molar-refractivity contribution >= 4 is 66.6 Å². The molecule has 2 aliphatic rings. The fraction of sp³-hybridized carbons (Fsp3) is 0.375. The number of rotatable bonds is 15. The van der Waals surface area contributed by atoms with E-state index in [4.69, 9.17) is 28.8 Å². The van der Waals surface area contributed by atoms with E-state index in [2.05, 4.69) is 21.1 Å². The van der Waals surface area contributed by atoms with Gasteiger partial charge >= 0.3 is 11.9 Å². The van der Waals surface area contributed by atoms with Crippen molar-refractivity contribution in [3.05, 3.63) is 106 Å². The second-order valence-corrected chi connectivity index (χ2v) is 18.8. The highest BCUT2D eigenvalue weighted by Gasteiger charge is 2.43. The lowest BCUT2D eigenvalue weighted by atomic mass is 10.1. The number of benzene rings is 4. The lowest BCUT2D eigenvalue weighted by Crippen LogP contribution is -2.37. The summed E-state index contributed by atoms with van der Waals surface area (Å²) in [4.78, 5) is 72.3. The van der Waals surface area contributed by atoms with Crippen molar-refractivity contribution < 1.29 is 73.4 Å². The molecule has 4 aromatic carbocycles. The molecule has 4 aromatic rings. The number of esters is 2. The predicted octanol–water partition coefficient (Wildman–Crippen LogP) is 5.77. The Morgan fingerprint density at radius 1 is 0.686 bits per heavy atom. The normalized spacial score (nSPS) is 13.7. The molecule has 2 heterocycles. The van der Waals surface area contributed by atoms with Gasteiger partial charge in [0.05, 0.1) is 78.6 Å². The van der Waals surface area contributed by atoms with Gasteiger partial charge in [0.25, 0.3) is 11.8 Å². The summed E-state index contributed by atoms with van der Waals surface area (Å²) >= 11 is 0. The second kappa shape index (κ2) is 27.9. The lowest BCUT2D eigenvalue weighted by molar-refractivity contribution is -0.115. The van der Waals surface area contributed by atoms with Crippen LogP contribution in [0.3, 0.4) is 0 Å². The zero-order valence-electron chi connectivity index (χ0n) is 43.0. The summed E-state index contributed by atoms with van der Waals surface area (Å²) in [5, 5.41) is 5.02. The average Bonchev–Trinajstić information content (AvgIpc) is 3.72. The van der Waals surface area contributed by atoms with Gasteiger partial charge in [-0.15, -0.1) is 0 Å². The lowest BCUT2D eigenvalue weighted by Gasteiger charge is -2.27. The first kappa shape index (κ1) is 55.7. The van der Waals surface area contributed by atoms with Crippen molar-refractivity contribution in [1.82, 2.24) is 4.90 Å². The molecule has 0 bridgehead atoms. The van der Waals surface area contributed by atoms with E-state index in [1.807, 2.05) is 6.92 Å². The number of amides is 4. The molecular weight excluding hydrogens is 951 g/mol. The smallest absolute Gasteiger partial charge is 0.349 e. The Hall–Kier alpha value is -6.88. The maximum atomic E-state index is 13.3. The molecule has 2 aliphatic heterocycles. The van der Waals surface area contributed by atoms with E-state index in [9.17, 15) is 45.6 Å². The number of ether oxygens (including phenoxy) is 5. The maximum Gasteiger partial charge on any atom is 0.349 e. The van der Waals surface area contributed by atoms with Crippen LogP contribution in [0.4, 0.5) is 11.4 Å². The molecule has 0 radical (unpaired) electrons. The zero-order chi connectivity index (χ0) is 54.9. The van der Waals surface area contributed by atoms with Gasteiger partial charge in [-0.25, -0.2) is 26.4 Å². The van der Waals surface area contributed by atoms with Gasteiger partial charge < -0.3 is 45.8 Å². The number of nitrogens with two attached hydrogens (primary N) is 2. The molecule has 0 spiro atoms. The molecule has 20 nitrogen and oxygen atoms in total. The Balaban J connectivity index is 0.000000549. The summed E-state index contributed by atoms with van der Waals surface area (Å²) in [5.74, 6) is -2.04. The Morgan fingerprint density at radius 3 is 1.57 bits per heavy atom. The Bertz CT molecular complexity index is 2840. The highest BCUT2D eigenvalue weighted by atomic mass is 32.2. The third-order valence-corrected chi connectivity index (χ3v) is 11.2. The molecule has 6 rings (SSSR count). The number of hydrogen-bond donors (Lipinski definition) is 4. The first-order valence-electron chi connectivity index (χ1n) is 22.3. The number of nitrogens with one attached hydrogen (secondary N) is 2. The van der Waals surface area contributed by atoms with Crippen LogP contribution in [-0.2, 0) is 34.0 Å². The van der Waals surface area contributed by atoms with Crippen LogP contribution in [-0.4, -0.2) is 116 Å². The number of imide groups is 1.